The Hall–Kier alpha value is -1.22. The second-order valence-electron chi connectivity index (χ2n) is 5.32. The minimum absolute atomic E-state index is 0.126. The van der Waals surface area contributed by atoms with Crippen molar-refractivity contribution < 1.29 is 33.9 Å². The fourth-order valence-corrected chi connectivity index (χ4v) is 2.58. The summed E-state index contributed by atoms with van der Waals surface area (Å²) in [6.07, 6.45) is -4.25. The molecule has 1 heterocycles. The monoisotopic (exact) mass is 328 g/mol. The lowest BCUT2D eigenvalue weighted by atomic mass is 9.99. The molecule has 1 aromatic carbocycles. The molecule has 2 N–H and O–H groups in total. The zero-order chi connectivity index (χ0) is 16.8. The maximum Gasteiger partial charge on any atom is 0.184 e. The number of benzene rings is 1. The van der Waals surface area contributed by atoms with Crippen molar-refractivity contribution in [3.05, 3.63) is 29.8 Å². The Morgan fingerprint density at radius 1 is 1.00 bits per heavy atom. The SMILES string of the molecule is COc1ccc(COC[C@H]2O[C@@H](O)[C@H](OC)[C@@H](OC)[C@H]2O)cc1. The zero-order valence-electron chi connectivity index (χ0n) is 13.5. The quantitative estimate of drug-likeness (QED) is 0.745. The predicted octanol–water partition coefficient (Wildman–Crippen LogP) is 0.320. The molecule has 1 aromatic rings. The number of methoxy groups -OCH3 is 3. The van der Waals surface area contributed by atoms with E-state index in [0.717, 1.165) is 11.3 Å². The summed E-state index contributed by atoms with van der Waals surface area (Å²) in [5.74, 6) is 0.774. The molecule has 0 saturated carbocycles. The van der Waals surface area contributed by atoms with E-state index in [9.17, 15) is 10.2 Å². The standard InChI is InChI=1S/C16H24O7/c1-19-11-6-4-10(5-7-11)8-22-9-12-13(17)14(20-2)15(21-3)16(18)23-12/h4-7,12-18H,8-9H2,1-3H3/t12-,13+,14+,15-,16-/m1/s1. The molecule has 0 amide bonds. The van der Waals surface area contributed by atoms with Crippen LogP contribution in [-0.2, 0) is 25.6 Å². The van der Waals surface area contributed by atoms with Crippen LogP contribution in [0.2, 0.25) is 0 Å². The van der Waals surface area contributed by atoms with Crippen molar-refractivity contribution in [2.24, 2.45) is 0 Å². The van der Waals surface area contributed by atoms with Gasteiger partial charge >= 0.3 is 0 Å². The molecule has 130 valence electrons. The van der Waals surface area contributed by atoms with Crippen molar-refractivity contribution in [3.8, 4) is 5.75 Å². The smallest absolute Gasteiger partial charge is 0.184 e. The first-order valence-corrected chi connectivity index (χ1v) is 7.38. The van der Waals surface area contributed by atoms with Crippen LogP contribution >= 0.6 is 0 Å². The van der Waals surface area contributed by atoms with E-state index in [1.807, 2.05) is 24.3 Å². The Labute approximate surface area is 135 Å². The van der Waals surface area contributed by atoms with E-state index < -0.39 is 30.7 Å². The fourth-order valence-electron chi connectivity index (χ4n) is 2.58. The molecule has 7 heteroatoms. The van der Waals surface area contributed by atoms with Gasteiger partial charge in [-0.05, 0) is 17.7 Å². The van der Waals surface area contributed by atoms with Crippen LogP contribution in [0.3, 0.4) is 0 Å². The van der Waals surface area contributed by atoms with Gasteiger partial charge in [0.2, 0.25) is 0 Å². The first-order chi connectivity index (χ1) is 11.1. The highest BCUT2D eigenvalue weighted by molar-refractivity contribution is 5.26. The van der Waals surface area contributed by atoms with Crippen LogP contribution in [0.5, 0.6) is 5.75 Å². The normalized spacial score (nSPS) is 31.1. The molecule has 0 radical (unpaired) electrons. The summed E-state index contributed by atoms with van der Waals surface area (Å²) in [6, 6.07) is 7.48. The Morgan fingerprint density at radius 3 is 2.22 bits per heavy atom. The topological polar surface area (TPSA) is 86.6 Å². The van der Waals surface area contributed by atoms with E-state index in [1.165, 1.54) is 14.2 Å². The van der Waals surface area contributed by atoms with Crippen LogP contribution in [-0.4, -0.2) is 68.9 Å². The Morgan fingerprint density at radius 2 is 1.65 bits per heavy atom. The molecule has 1 aliphatic rings. The van der Waals surface area contributed by atoms with Crippen molar-refractivity contribution in [2.75, 3.05) is 27.9 Å². The molecule has 23 heavy (non-hydrogen) atoms. The molecule has 1 fully saturated rings. The maximum atomic E-state index is 10.3. The lowest BCUT2D eigenvalue weighted by Crippen LogP contribution is -2.59. The van der Waals surface area contributed by atoms with Gasteiger partial charge in [-0.2, -0.15) is 0 Å². The van der Waals surface area contributed by atoms with Gasteiger partial charge in [-0.3, -0.25) is 0 Å². The van der Waals surface area contributed by atoms with Gasteiger partial charge in [0.25, 0.3) is 0 Å². The number of ether oxygens (including phenoxy) is 5. The first kappa shape index (κ1) is 18.1. The molecule has 2 rings (SSSR count). The van der Waals surface area contributed by atoms with Crippen molar-refractivity contribution >= 4 is 0 Å². The highest BCUT2D eigenvalue weighted by atomic mass is 16.7. The highest BCUT2D eigenvalue weighted by Gasteiger charge is 2.45. The molecule has 0 aromatic heterocycles. The summed E-state index contributed by atoms with van der Waals surface area (Å²) >= 11 is 0. The number of aliphatic hydroxyl groups is 2. The molecular weight excluding hydrogens is 304 g/mol. The molecule has 0 spiro atoms. The summed E-state index contributed by atoms with van der Waals surface area (Å²) in [7, 11) is 4.49. The maximum absolute atomic E-state index is 10.3. The predicted molar refractivity (Wildman–Crippen MR) is 81.1 cm³/mol. The van der Waals surface area contributed by atoms with E-state index in [0.29, 0.717) is 6.61 Å². The van der Waals surface area contributed by atoms with Crippen LogP contribution in [0.15, 0.2) is 24.3 Å². The molecule has 1 aliphatic heterocycles. The van der Waals surface area contributed by atoms with Gasteiger partial charge in [0, 0.05) is 14.2 Å². The average molecular weight is 328 g/mol. The van der Waals surface area contributed by atoms with E-state index in [4.69, 9.17) is 23.7 Å². The van der Waals surface area contributed by atoms with E-state index in [1.54, 1.807) is 7.11 Å². The van der Waals surface area contributed by atoms with Crippen molar-refractivity contribution in [3.63, 3.8) is 0 Å². The molecule has 7 nitrogen and oxygen atoms in total. The van der Waals surface area contributed by atoms with Crippen LogP contribution < -0.4 is 4.74 Å². The van der Waals surface area contributed by atoms with Gasteiger partial charge in [-0.1, -0.05) is 12.1 Å². The lowest BCUT2D eigenvalue weighted by molar-refractivity contribution is -0.298. The summed E-state index contributed by atoms with van der Waals surface area (Å²) in [5.41, 5.74) is 0.967. The van der Waals surface area contributed by atoms with Crippen molar-refractivity contribution in [2.45, 2.75) is 37.3 Å². The third-order valence-corrected chi connectivity index (χ3v) is 3.89. The Balaban J connectivity index is 1.86. The van der Waals surface area contributed by atoms with Crippen LogP contribution in [0.25, 0.3) is 0 Å². The summed E-state index contributed by atoms with van der Waals surface area (Å²) in [5, 5.41) is 20.2. The first-order valence-electron chi connectivity index (χ1n) is 7.38. The largest absolute Gasteiger partial charge is 0.497 e. The summed E-state index contributed by atoms with van der Waals surface area (Å²) in [6.45, 7) is 0.485. The number of rotatable bonds is 7. The average Bonchev–Trinajstić information content (AvgIpc) is 2.57. The Bertz CT molecular complexity index is 464. The minimum atomic E-state index is -1.18. The molecule has 0 unspecified atom stereocenters. The molecule has 0 aliphatic carbocycles. The van der Waals surface area contributed by atoms with E-state index in [-0.39, 0.29) is 6.61 Å². The van der Waals surface area contributed by atoms with Gasteiger partial charge in [0.05, 0.1) is 20.3 Å². The molecule has 1 saturated heterocycles. The Kier molecular flexibility index (Phi) is 6.76. The lowest BCUT2D eigenvalue weighted by Gasteiger charge is -2.41. The van der Waals surface area contributed by atoms with Gasteiger partial charge < -0.3 is 33.9 Å². The third kappa shape index (κ3) is 4.41. The van der Waals surface area contributed by atoms with Crippen molar-refractivity contribution in [1.29, 1.82) is 0 Å². The molecular formula is C16H24O7. The summed E-state index contributed by atoms with van der Waals surface area (Å²) < 4.78 is 26.4. The van der Waals surface area contributed by atoms with E-state index >= 15 is 0 Å². The second kappa shape index (κ2) is 8.58. The fraction of sp³-hybridized carbons (Fsp3) is 0.625. The van der Waals surface area contributed by atoms with Gasteiger partial charge in [-0.15, -0.1) is 0 Å². The number of hydrogen-bond acceptors (Lipinski definition) is 7. The zero-order valence-corrected chi connectivity index (χ0v) is 13.5. The van der Waals surface area contributed by atoms with Crippen LogP contribution in [0.4, 0.5) is 0 Å². The third-order valence-electron chi connectivity index (χ3n) is 3.89. The number of aliphatic hydroxyl groups excluding tert-OH is 2. The van der Waals surface area contributed by atoms with Crippen molar-refractivity contribution in [1.82, 2.24) is 0 Å². The minimum Gasteiger partial charge on any atom is -0.497 e. The number of hydrogen-bond donors (Lipinski definition) is 2. The van der Waals surface area contributed by atoms with Gasteiger partial charge in [0.1, 0.15) is 30.2 Å². The van der Waals surface area contributed by atoms with Crippen LogP contribution in [0.1, 0.15) is 5.56 Å². The van der Waals surface area contributed by atoms with Gasteiger partial charge in [0.15, 0.2) is 6.29 Å². The highest BCUT2D eigenvalue weighted by Crippen LogP contribution is 2.24. The second-order valence-corrected chi connectivity index (χ2v) is 5.32. The van der Waals surface area contributed by atoms with Gasteiger partial charge in [-0.25, -0.2) is 0 Å². The summed E-state index contributed by atoms with van der Waals surface area (Å²) in [4.78, 5) is 0. The molecule has 5 atom stereocenters. The van der Waals surface area contributed by atoms with E-state index in [2.05, 4.69) is 0 Å². The molecule has 0 bridgehead atoms. The van der Waals surface area contributed by atoms with Crippen LogP contribution in [0, 0.1) is 0 Å².